The number of phenolic OH excluding ortho intramolecular Hbond substituents is 2. The highest BCUT2D eigenvalue weighted by Gasteiger charge is 2.01. The van der Waals surface area contributed by atoms with E-state index in [2.05, 4.69) is 0 Å². The quantitative estimate of drug-likeness (QED) is 0.797. The van der Waals surface area contributed by atoms with Crippen molar-refractivity contribution in [2.45, 2.75) is 13.5 Å². The van der Waals surface area contributed by atoms with Crippen molar-refractivity contribution >= 4 is 0 Å². The largest absolute Gasteiger partial charge is 0.504 e. The molecule has 0 amide bonds. The minimum absolute atomic E-state index is 0.121. The van der Waals surface area contributed by atoms with Crippen LogP contribution in [0, 0.1) is 6.92 Å². The fourth-order valence-corrected chi connectivity index (χ4v) is 1.46. The van der Waals surface area contributed by atoms with E-state index in [1.54, 1.807) is 6.07 Å². The Balaban J connectivity index is 2.02. The van der Waals surface area contributed by atoms with E-state index in [0.29, 0.717) is 6.61 Å². The highest BCUT2D eigenvalue weighted by Crippen LogP contribution is 2.25. The molecule has 3 heteroatoms. The lowest BCUT2D eigenvalue weighted by Gasteiger charge is -2.07. The second-order valence-corrected chi connectivity index (χ2v) is 3.92. The first kappa shape index (κ1) is 11.3. The van der Waals surface area contributed by atoms with Gasteiger partial charge in [-0.15, -0.1) is 0 Å². The zero-order chi connectivity index (χ0) is 12.3. The van der Waals surface area contributed by atoms with Gasteiger partial charge in [0.25, 0.3) is 0 Å². The van der Waals surface area contributed by atoms with E-state index < -0.39 is 0 Å². The molecule has 0 aliphatic heterocycles. The highest BCUT2D eigenvalue weighted by molar-refractivity contribution is 5.40. The molecule has 17 heavy (non-hydrogen) atoms. The summed E-state index contributed by atoms with van der Waals surface area (Å²) < 4.78 is 5.55. The second kappa shape index (κ2) is 4.78. The van der Waals surface area contributed by atoms with Gasteiger partial charge in [-0.3, -0.25) is 0 Å². The van der Waals surface area contributed by atoms with Crippen LogP contribution in [-0.2, 0) is 6.61 Å². The number of phenols is 2. The van der Waals surface area contributed by atoms with E-state index in [1.165, 1.54) is 17.7 Å². The number of aryl methyl sites for hydroxylation is 1. The van der Waals surface area contributed by atoms with Crippen LogP contribution >= 0.6 is 0 Å². The average molecular weight is 230 g/mol. The number of benzene rings is 2. The molecule has 2 aromatic carbocycles. The van der Waals surface area contributed by atoms with Gasteiger partial charge >= 0.3 is 0 Å². The molecule has 0 heterocycles. The Morgan fingerprint density at radius 3 is 2.29 bits per heavy atom. The maximum atomic E-state index is 9.33. The van der Waals surface area contributed by atoms with E-state index in [1.807, 2.05) is 31.2 Å². The van der Waals surface area contributed by atoms with Crippen molar-refractivity contribution in [2.75, 3.05) is 0 Å². The van der Waals surface area contributed by atoms with Gasteiger partial charge in [0.15, 0.2) is 11.5 Å². The fraction of sp³-hybridized carbons (Fsp3) is 0.143. The molecule has 2 aromatic rings. The van der Waals surface area contributed by atoms with E-state index in [0.717, 1.165) is 11.3 Å². The number of hydrogen-bond donors (Lipinski definition) is 2. The van der Waals surface area contributed by atoms with E-state index >= 15 is 0 Å². The maximum Gasteiger partial charge on any atom is 0.157 e. The summed E-state index contributed by atoms with van der Waals surface area (Å²) >= 11 is 0. The van der Waals surface area contributed by atoms with Crippen molar-refractivity contribution < 1.29 is 14.9 Å². The second-order valence-electron chi connectivity index (χ2n) is 3.92. The summed E-state index contributed by atoms with van der Waals surface area (Å²) in [5, 5.41) is 18.5. The van der Waals surface area contributed by atoms with Crippen LogP contribution in [-0.4, -0.2) is 10.2 Å². The molecule has 0 radical (unpaired) electrons. The molecule has 0 spiro atoms. The number of rotatable bonds is 3. The van der Waals surface area contributed by atoms with Crippen LogP contribution in [0.1, 0.15) is 11.1 Å². The number of hydrogen-bond acceptors (Lipinski definition) is 3. The molecule has 0 saturated carbocycles. The van der Waals surface area contributed by atoms with Crippen molar-refractivity contribution in [1.29, 1.82) is 0 Å². The van der Waals surface area contributed by atoms with Gasteiger partial charge in [-0.2, -0.15) is 0 Å². The Kier molecular flexibility index (Phi) is 3.19. The minimum Gasteiger partial charge on any atom is -0.504 e. The molecular weight excluding hydrogens is 216 g/mol. The third kappa shape index (κ3) is 2.91. The molecular formula is C14H14O3. The normalized spacial score (nSPS) is 10.2. The van der Waals surface area contributed by atoms with Crippen LogP contribution in [0.5, 0.6) is 17.2 Å². The first-order valence-corrected chi connectivity index (χ1v) is 5.35. The van der Waals surface area contributed by atoms with Crippen LogP contribution in [0.25, 0.3) is 0 Å². The smallest absolute Gasteiger partial charge is 0.157 e. The molecule has 0 saturated heterocycles. The third-order valence-corrected chi connectivity index (χ3v) is 2.47. The van der Waals surface area contributed by atoms with E-state index in [9.17, 15) is 5.11 Å². The molecule has 0 aliphatic carbocycles. The van der Waals surface area contributed by atoms with Gasteiger partial charge in [-0.25, -0.2) is 0 Å². The van der Waals surface area contributed by atoms with Crippen molar-refractivity contribution in [3.05, 3.63) is 53.6 Å². The van der Waals surface area contributed by atoms with Gasteiger partial charge < -0.3 is 14.9 Å². The molecule has 88 valence electrons. The summed E-state index contributed by atoms with van der Waals surface area (Å²) in [4.78, 5) is 0. The molecule has 0 atom stereocenters. The predicted octanol–water partition coefficient (Wildman–Crippen LogP) is 2.99. The lowest BCUT2D eigenvalue weighted by atomic mass is 10.2. The Morgan fingerprint density at radius 1 is 0.941 bits per heavy atom. The van der Waals surface area contributed by atoms with Crippen molar-refractivity contribution in [3.63, 3.8) is 0 Å². The van der Waals surface area contributed by atoms with Crippen molar-refractivity contribution in [2.24, 2.45) is 0 Å². The third-order valence-electron chi connectivity index (χ3n) is 2.47. The summed E-state index contributed by atoms with van der Waals surface area (Å²) in [6.07, 6.45) is 0. The lowest BCUT2D eigenvalue weighted by Crippen LogP contribution is -1.95. The fourth-order valence-electron chi connectivity index (χ4n) is 1.46. The standard InChI is InChI=1S/C14H14O3/c1-10-2-5-12(6-3-10)17-9-11-4-7-13(15)14(16)8-11/h2-8,15-16H,9H2,1H3. The first-order chi connectivity index (χ1) is 8.15. The first-order valence-electron chi connectivity index (χ1n) is 5.35. The molecule has 0 aromatic heterocycles. The van der Waals surface area contributed by atoms with Gasteiger partial charge in [-0.1, -0.05) is 23.8 Å². The summed E-state index contributed by atoms with van der Waals surface area (Å²) in [6.45, 7) is 2.37. The molecule has 0 fully saturated rings. The topological polar surface area (TPSA) is 49.7 Å². The summed E-state index contributed by atoms with van der Waals surface area (Å²) in [6, 6.07) is 12.4. The van der Waals surface area contributed by atoms with Gasteiger partial charge in [-0.05, 0) is 36.8 Å². The van der Waals surface area contributed by atoms with Gasteiger partial charge in [0.05, 0.1) is 0 Å². The summed E-state index contributed by atoms with van der Waals surface area (Å²) in [7, 11) is 0. The maximum absolute atomic E-state index is 9.33. The lowest BCUT2D eigenvalue weighted by molar-refractivity contribution is 0.305. The van der Waals surface area contributed by atoms with E-state index in [4.69, 9.17) is 9.84 Å². The van der Waals surface area contributed by atoms with Gasteiger partial charge in [0.1, 0.15) is 12.4 Å². The van der Waals surface area contributed by atoms with Crippen LogP contribution in [0.3, 0.4) is 0 Å². The van der Waals surface area contributed by atoms with Crippen LogP contribution in [0.15, 0.2) is 42.5 Å². The Morgan fingerprint density at radius 2 is 1.65 bits per heavy atom. The Hall–Kier alpha value is -2.16. The SMILES string of the molecule is Cc1ccc(OCc2ccc(O)c(O)c2)cc1. The zero-order valence-corrected chi connectivity index (χ0v) is 9.55. The average Bonchev–Trinajstić information content (AvgIpc) is 2.33. The monoisotopic (exact) mass is 230 g/mol. The zero-order valence-electron chi connectivity index (χ0n) is 9.55. The van der Waals surface area contributed by atoms with E-state index in [-0.39, 0.29) is 11.5 Å². The molecule has 3 nitrogen and oxygen atoms in total. The van der Waals surface area contributed by atoms with Crippen LogP contribution in [0.4, 0.5) is 0 Å². The van der Waals surface area contributed by atoms with Gasteiger partial charge in [0, 0.05) is 0 Å². The molecule has 0 bridgehead atoms. The Bertz CT molecular complexity index is 503. The van der Waals surface area contributed by atoms with Crippen molar-refractivity contribution in [1.82, 2.24) is 0 Å². The van der Waals surface area contributed by atoms with Crippen molar-refractivity contribution in [3.8, 4) is 17.2 Å². The van der Waals surface area contributed by atoms with Crippen LogP contribution < -0.4 is 4.74 Å². The number of ether oxygens (including phenoxy) is 1. The minimum atomic E-state index is -0.130. The highest BCUT2D eigenvalue weighted by atomic mass is 16.5. The molecule has 0 aliphatic rings. The van der Waals surface area contributed by atoms with Crippen LogP contribution in [0.2, 0.25) is 0 Å². The summed E-state index contributed by atoms with van der Waals surface area (Å²) in [5.41, 5.74) is 1.99. The predicted molar refractivity (Wildman–Crippen MR) is 65.3 cm³/mol. The Labute approximate surface area is 99.9 Å². The van der Waals surface area contributed by atoms with Gasteiger partial charge in [0.2, 0.25) is 0 Å². The molecule has 0 unspecified atom stereocenters. The summed E-state index contributed by atoms with van der Waals surface area (Å²) in [5.74, 6) is 0.530. The molecule has 2 N–H and O–H groups in total. The molecule has 2 rings (SSSR count). The number of aromatic hydroxyl groups is 2.